The maximum atomic E-state index is 13.5. The molecule has 16 heavy (non-hydrogen) atoms. The van der Waals surface area contributed by atoms with Crippen molar-refractivity contribution in [3.63, 3.8) is 0 Å². The fraction of sp³-hybridized carbons (Fsp3) is 0.538. The third-order valence-corrected chi connectivity index (χ3v) is 2.87. The summed E-state index contributed by atoms with van der Waals surface area (Å²) in [6.07, 6.45) is 1.07. The van der Waals surface area contributed by atoms with Crippen LogP contribution in [-0.4, -0.2) is 18.3 Å². The van der Waals surface area contributed by atoms with E-state index in [1.54, 1.807) is 18.2 Å². The standard InChI is InChI=1S/C13H20FNO/c1-3-10(2)8-15-13(9-16)11-6-4-5-7-12(11)14/h4-7,10,13,15-16H,3,8-9H2,1-2H3. The SMILES string of the molecule is CCC(C)CNC(CO)c1ccccc1F. The minimum Gasteiger partial charge on any atom is -0.394 e. The van der Waals surface area contributed by atoms with E-state index in [0.29, 0.717) is 11.5 Å². The van der Waals surface area contributed by atoms with Gasteiger partial charge in [0, 0.05) is 5.56 Å². The van der Waals surface area contributed by atoms with E-state index < -0.39 is 0 Å². The Balaban J connectivity index is 2.64. The molecule has 0 bridgehead atoms. The molecule has 3 heteroatoms. The lowest BCUT2D eigenvalue weighted by Crippen LogP contribution is -2.29. The van der Waals surface area contributed by atoms with Gasteiger partial charge >= 0.3 is 0 Å². The Morgan fingerprint density at radius 2 is 2.06 bits per heavy atom. The van der Waals surface area contributed by atoms with Crippen LogP contribution < -0.4 is 5.32 Å². The Morgan fingerprint density at radius 1 is 1.38 bits per heavy atom. The molecule has 0 saturated heterocycles. The molecule has 2 atom stereocenters. The van der Waals surface area contributed by atoms with Crippen LogP contribution >= 0.6 is 0 Å². The number of halogens is 1. The molecule has 2 N–H and O–H groups in total. The molecule has 1 aromatic rings. The van der Waals surface area contributed by atoms with Gasteiger partial charge in [0.2, 0.25) is 0 Å². The smallest absolute Gasteiger partial charge is 0.128 e. The lowest BCUT2D eigenvalue weighted by Gasteiger charge is -2.19. The van der Waals surface area contributed by atoms with Crippen molar-refractivity contribution in [2.24, 2.45) is 5.92 Å². The van der Waals surface area contributed by atoms with E-state index in [-0.39, 0.29) is 18.5 Å². The van der Waals surface area contributed by atoms with Crippen LogP contribution in [0.5, 0.6) is 0 Å². The Bertz CT molecular complexity index is 317. The van der Waals surface area contributed by atoms with Gasteiger partial charge in [-0.05, 0) is 18.5 Å². The summed E-state index contributed by atoms with van der Waals surface area (Å²) < 4.78 is 13.5. The average molecular weight is 225 g/mol. The second-order valence-electron chi connectivity index (χ2n) is 4.18. The van der Waals surface area contributed by atoms with Crippen molar-refractivity contribution in [1.82, 2.24) is 5.32 Å². The lowest BCUT2D eigenvalue weighted by molar-refractivity contribution is 0.236. The molecule has 0 aliphatic heterocycles. The first-order chi connectivity index (χ1) is 7.69. The molecule has 0 fully saturated rings. The van der Waals surface area contributed by atoms with E-state index >= 15 is 0 Å². The molecule has 1 aromatic carbocycles. The van der Waals surface area contributed by atoms with E-state index in [1.165, 1.54) is 6.07 Å². The Labute approximate surface area is 96.5 Å². The van der Waals surface area contributed by atoms with Gasteiger partial charge in [-0.15, -0.1) is 0 Å². The summed E-state index contributed by atoms with van der Waals surface area (Å²) in [7, 11) is 0. The number of hydrogen-bond acceptors (Lipinski definition) is 2. The zero-order valence-corrected chi connectivity index (χ0v) is 9.91. The monoisotopic (exact) mass is 225 g/mol. The van der Waals surface area contributed by atoms with Gasteiger partial charge in [-0.25, -0.2) is 4.39 Å². The van der Waals surface area contributed by atoms with E-state index in [0.717, 1.165) is 13.0 Å². The van der Waals surface area contributed by atoms with Crippen LogP contribution in [0.1, 0.15) is 31.9 Å². The highest BCUT2D eigenvalue weighted by Gasteiger charge is 2.14. The summed E-state index contributed by atoms with van der Waals surface area (Å²) in [4.78, 5) is 0. The van der Waals surface area contributed by atoms with Gasteiger partial charge in [0.1, 0.15) is 5.82 Å². The normalized spacial score (nSPS) is 14.8. The molecule has 0 heterocycles. The van der Waals surface area contributed by atoms with Gasteiger partial charge in [0.05, 0.1) is 12.6 Å². The second kappa shape index (κ2) is 6.61. The van der Waals surface area contributed by atoms with E-state index in [4.69, 9.17) is 0 Å². The molecule has 0 radical (unpaired) electrons. The molecule has 0 spiro atoms. The maximum absolute atomic E-state index is 13.5. The van der Waals surface area contributed by atoms with Crippen molar-refractivity contribution >= 4 is 0 Å². The van der Waals surface area contributed by atoms with Gasteiger partial charge in [0.25, 0.3) is 0 Å². The number of rotatable bonds is 6. The first-order valence-corrected chi connectivity index (χ1v) is 5.77. The molecule has 2 unspecified atom stereocenters. The number of nitrogens with one attached hydrogen (secondary N) is 1. The van der Waals surface area contributed by atoms with Crippen LogP contribution in [0, 0.1) is 11.7 Å². The molecule has 0 aliphatic rings. The quantitative estimate of drug-likeness (QED) is 0.779. The van der Waals surface area contributed by atoms with Crippen LogP contribution in [-0.2, 0) is 0 Å². The van der Waals surface area contributed by atoms with Crippen LogP contribution in [0.2, 0.25) is 0 Å². The minimum absolute atomic E-state index is 0.0859. The predicted octanol–water partition coefficient (Wildman–Crippen LogP) is 2.49. The summed E-state index contributed by atoms with van der Waals surface area (Å²) >= 11 is 0. The summed E-state index contributed by atoms with van der Waals surface area (Å²) in [5.41, 5.74) is 0.535. The van der Waals surface area contributed by atoms with Crippen molar-refractivity contribution in [1.29, 1.82) is 0 Å². The van der Waals surface area contributed by atoms with Crippen molar-refractivity contribution in [3.05, 3.63) is 35.6 Å². The molecular formula is C13H20FNO. The first kappa shape index (κ1) is 13.1. The number of benzene rings is 1. The molecule has 0 aliphatic carbocycles. The fourth-order valence-electron chi connectivity index (χ4n) is 1.52. The molecular weight excluding hydrogens is 205 g/mol. The number of aliphatic hydroxyl groups is 1. The zero-order chi connectivity index (χ0) is 12.0. The largest absolute Gasteiger partial charge is 0.394 e. The van der Waals surface area contributed by atoms with E-state index in [2.05, 4.69) is 19.2 Å². The summed E-state index contributed by atoms with van der Waals surface area (Å²) in [5.74, 6) is 0.263. The van der Waals surface area contributed by atoms with Crippen LogP contribution in [0.15, 0.2) is 24.3 Å². The molecule has 2 nitrogen and oxygen atoms in total. The highest BCUT2D eigenvalue weighted by atomic mass is 19.1. The number of hydrogen-bond donors (Lipinski definition) is 2. The highest BCUT2D eigenvalue weighted by molar-refractivity contribution is 5.21. The fourth-order valence-corrected chi connectivity index (χ4v) is 1.52. The third kappa shape index (κ3) is 3.58. The van der Waals surface area contributed by atoms with Gasteiger partial charge in [-0.2, -0.15) is 0 Å². The van der Waals surface area contributed by atoms with Gasteiger partial charge in [-0.1, -0.05) is 38.5 Å². The first-order valence-electron chi connectivity index (χ1n) is 5.77. The zero-order valence-electron chi connectivity index (χ0n) is 9.91. The average Bonchev–Trinajstić information content (AvgIpc) is 2.31. The second-order valence-corrected chi connectivity index (χ2v) is 4.18. The molecule has 1 rings (SSSR count). The Hall–Kier alpha value is -0.930. The number of aliphatic hydroxyl groups excluding tert-OH is 1. The van der Waals surface area contributed by atoms with Gasteiger partial charge in [0.15, 0.2) is 0 Å². The Kier molecular flexibility index (Phi) is 5.43. The summed E-state index contributed by atoms with van der Waals surface area (Å²) in [6.45, 7) is 4.94. The van der Waals surface area contributed by atoms with Crippen LogP contribution in [0.3, 0.4) is 0 Å². The summed E-state index contributed by atoms with van der Waals surface area (Å²) in [5, 5.41) is 12.4. The predicted molar refractivity (Wildman–Crippen MR) is 63.7 cm³/mol. The highest BCUT2D eigenvalue weighted by Crippen LogP contribution is 2.16. The molecule has 0 saturated carbocycles. The topological polar surface area (TPSA) is 32.3 Å². The van der Waals surface area contributed by atoms with E-state index in [1.807, 2.05) is 0 Å². The van der Waals surface area contributed by atoms with Crippen molar-refractivity contribution in [3.8, 4) is 0 Å². The maximum Gasteiger partial charge on any atom is 0.128 e. The van der Waals surface area contributed by atoms with Gasteiger partial charge < -0.3 is 10.4 Å². The minimum atomic E-state index is -0.310. The summed E-state index contributed by atoms with van der Waals surface area (Å²) in [6, 6.07) is 6.26. The van der Waals surface area contributed by atoms with Crippen molar-refractivity contribution in [2.75, 3.05) is 13.2 Å². The Morgan fingerprint density at radius 3 is 2.62 bits per heavy atom. The molecule has 0 amide bonds. The molecule has 0 aromatic heterocycles. The van der Waals surface area contributed by atoms with Crippen molar-refractivity contribution in [2.45, 2.75) is 26.3 Å². The van der Waals surface area contributed by atoms with Crippen LogP contribution in [0.4, 0.5) is 4.39 Å². The van der Waals surface area contributed by atoms with Crippen molar-refractivity contribution < 1.29 is 9.50 Å². The molecule has 90 valence electrons. The lowest BCUT2D eigenvalue weighted by atomic mass is 10.0. The third-order valence-electron chi connectivity index (χ3n) is 2.87. The van der Waals surface area contributed by atoms with E-state index in [9.17, 15) is 9.50 Å². The van der Waals surface area contributed by atoms with Crippen LogP contribution in [0.25, 0.3) is 0 Å². The van der Waals surface area contributed by atoms with Gasteiger partial charge in [-0.3, -0.25) is 0 Å².